The summed E-state index contributed by atoms with van der Waals surface area (Å²) in [6, 6.07) is 0. The lowest BCUT2D eigenvalue weighted by Crippen LogP contribution is -2.31. The Morgan fingerprint density at radius 1 is 0.460 bits per heavy atom. The molecule has 2 aliphatic rings. The lowest BCUT2D eigenvalue weighted by molar-refractivity contribution is -0.183. The molecule has 2 saturated heterocycles. The number of aliphatic hydroxyl groups is 1. The van der Waals surface area contributed by atoms with Gasteiger partial charge in [-0.3, -0.25) is 0 Å². The van der Waals surface area contributed by atoms with Crippen molar-refractivity contribution in [3.63, 3.8) is 0 Å². The highest BCUT2D eigenvalue weighted by molar-refractivity contribution is 4.68. The molecular formula is C55H108O8. The van der Waals surface area contributed by atoms with Crippen LogP contribution in [-0.2, 0) is 33.2 Å². The Labute approximate surface area is 391 Å². The van der Waals surface area contributed by atoms with Crippen LogP contribution >= 0.6 is 0 Å². The van der Waals surface area contributed by atoms with Crippen molar-refractivity contribution in [2.24, 2.45) is 0 Å². The molecule has 2 fully saturated rings. The van der Waals surface area contributed by atoms with Crippen molar-refractivity contribution in [3.8, 4) is 0 Å². The standard InChI is InChI=1S/C29H56O4.C26H52O4/c1-3-5-6-7-8-9-10-11-12-13-14-15-16-17-18-20-24-30-26-28(31-23-4-2)27-33-29-22-19-21-25-32-29;1-2-3-4-5-6-7-8-9-10-11-12-13-14-15-16-18-21-28-23-25(27)24-30-26-20-17-19-22-29-26/h4,28-29H,2-3,5-27H2,1H3;25-27H,2-24H2,1H3/t28-,29?;25-,26?/m11/s1. The van der Waals surface area contributed by atoms with Gasteiger partial charge >= 0.3 is 0 Å². The molecule has 0 aliphatic carbocycles. The number of rotatable bonds is 47. The molecule has 0 spiro atoms. The zero-order valence-electron chi connectivity index (χ0n) is 42.1. The summed E-state index contributed by atoms with van der Waals surface area (Å²) in [6.45, 7) is 13.8. The molecule has 0 radical (unpaired) electrons. The molecule has 0 bridgehead atoms. The van der Waals surface area contributed by atoms with E-state index in [0.717, 1.165) is 71.4 Å². The molecule has 8 nitrogen and oxygen atoms in total. The van der Waals surface area contributed by atoms with Crippen LogP contribution in [0, 0.1) is 0 Å². The van der Waals surface area contributed by atoms with E-state index in [4.69, 9.17) is 33.2 Å². The Kier molecular flexibility index (Phi) is 48.8. The fraction of sp³-hybridized carbons (Fsp3) is 0.964. The molecule has 63 heavy (non-hydrogen) atoms. The van der Waals surface area contributed by atoms with Crippen LogP contribution in [0.1, 0.15) is 258 Å². The van der Waals surface area contributed by atoms with Gasteiger partial charge < -0.3 is 38.3 Å². The van der Waals surface area contributed by atoms with Crippen molar-refractivity contribution in [1.29, 1.82) is 0 Å². The van der Waals surface area contributed by atoms with E-state index in [-0.39, 0.29) is 18.7 Å². The minimum Gasteiger partial charge on any atom is -0.388 e. The molecule has 0 saturated carbocycles. The minimum absolute atomic E-state index is 0.0467. The van der Waals surface area contributed by atoms with Gasteiger partial charge in [0.2, 0.25) is 0 Å². The second kappa shape index (κ2) is 50.8. The Morgan fingerprint density at radius 2 is 0.810 bits per heavy atom. The zero-order valence-corrected chi connectivity index (χ0v) is 42.1. The van der Waals surface area contributed by atoms with E-state index in [1.165, 1.54) is 199 Å². The van der Waals surface area contributed by atoms with Crippen LogP contribution in [0.25, 0.3) is 0 Å². The largest absolute Gasteiger partial charge is 0.388 e. The molecule has 0 amide bonds. The molecule has 4 atom stereocenters. The van der Waals surface area contributed by atoms with E-state index in [9.17, 15) is 5.11 Å². The molecule has 2 rings (SSSR count). The lowest BCUT2D eigenvalue weighted by atomic mass is 10.0. The summed E-state index contributed by atoms with van der Waals surface area (Å²) in [4.78, 5) is 0. The first-order chi connectivity index (χ1) is 31.2. The first-order valence-electron chi connectivity index (χ1n) is 27.7. The van der Waals surface area contributed by atoms with Crippen molar-refractivity contribution >= 4 is 0 Å². The summed E-state index contributed by atoms with van der Waals surface area (Å²) in [7, 11) is 0. The van der Waals surface area contributed by atoms with Crippen molar-refractivity contribution in [1.82, 2.24) is 0 Å². The Balaban J connectivity index is 0.000000633. The van der Waals surface area contributed by atoms with E-state index in [1.54, 1.807) is 6.08 Å². The minimum atomic E-state index is -0.545. The van der Waals surface area contributed by atoms with E-state index in [2.05, 4.69) is 20.4 Å². The highest BCUT2D eigenvalue weighted by atomic mass is 16.7. The van der Waals surface area contributed by atoms with Crippen molar-refractivity contribution in [2.45, 2.75) is 283 Å². The summed E-state index contributed by atoms with van der Waals surface area (Å²) in [5, 5.41) is 9.91. The molecule has 0 aromatic rings. The van der Waals surface area contributed by atoms with Crippen LogP contribution in [0.4, 0.5) is 0 Å². The third kappa shape index (κ3) is 45.0. The van der Waals surface area contributed by atoms with Gasteiger partial charge in [0.15, 0.2) is 12.6 Å². The molecule has 0 aromatic heterocycles. The van der Waals surface area contributed by atoms with Crippen molar-refractivity contribution in [2.75, 3.05) is 59.5 Å². The summed E-state index contributed by atoms with van der Waals surface area (Å²) in [5.74, 6) is 0. The predicted molar refractivity (Wildman–Crippen MR) is 266 cm³/mol. The topological polar surface area (TPSA) is 84.8 Å². The molecule has 376 valence electrons. The number of hydrogen-bond donors (Lipinski definition) is 1. The van der Waals surface area contributed by atoms with Crippen molar-refractivity contribution in [3.05, 3.63) is 12.7 Å². The third-order valence-electron chi connectivity index (χ3n) is 12.6. The van der Waals surface area contributed by atoms with Crippen molar-refractivity contribution < 1.29 is 38.3 Å². The maximum atomic E-state index is 9.91. The smallest absolute Gasteiger partial charge is 0.157 e. The predicted octanol–water partition coefficient (Wildman–Crippen LogP) is 15.5. The maximum Gasteiger partial charge on any atom is 0.157 e. The van der Waals surface area contributed by atoms with Gasteiger partial charge in [0.05, 0.1) is 33.0 Å². The highest BCUT2D eigenvalue weighted by Gasteiger charge is 2.18. The normalized spacial score (nSPS) is 17.6. The van der Waals surface area contributed by atoms with Crippen LogP contribution in [0.5, 0.6) is 0 Å². The fourth-order valence-corrected chi connectivity index (χ4v) is 8.45. The summed E-state index contributed by atoms with van der Waals surface area (Å²) in [6.07, 6.45) is 51.8. The van der Waals surface area contributed by atoms with E-state index < -0.39 is 6.10 Å². The molecular weight excluding hydrogens is 789 g/mol. The summed E-state index contributed by atoms with van der Waals surface area (Å²) < 4.78 is 39.8. The van der Waals surface area contributed by atoms with Gasteiger partial charge in [0.25, 0.3) is 0 Å². The van der Waals surface area contributed by atoms with Crippen LogP contribution in [-0.4, -0.2) is 89.4 Å². The van der Waals surface area contributed by atoms with Gasteiger partial charge in [-0.25, -0.2) is 0 Å². The quantitative estimate of drug-likeness (QED) is 0.0478. The molecule has 8 heteroatoms. The average Bonchev–Trinajstić information content (AvgIpc) is 3.31. The number of hydrogen-bond acceptors (Lipinski definition) is 8. The Bertz CT molecular complexity index is 864. The highest BCUT2D eigenvalue weighted by Crippen LogP contribution is 2.18. The van der Waals surface area contributed by atoms with Crippen LogP contribution in [0.2, 0.25) is 0 Å². The van der Waals surface area contributed by atoms with E-state index >= 15 is 0 Å². The van der Waals surface area contributed by atoms with E-state index in [0.29, 0.717) is 33.0 Å². The molecule has 2 unspecified atom stereocenters. The van der Waals surface area contributed by atoms with Gasteiger partial charge in [0.1, 0.15) is 12.2 Å². The second-order valence-electron chi connectivity index (χ2n) is 18.9. The Hall–Kier alpha value is -0.580. The summed E-state index contributed by atoms with van der Waals surface area (Å²) in [5.41, 5.74) is 0. The second-order valence-corrected chi connectivity index (χ2v) is 18.9. The fourth-order valence-electron chi connectivity index (χ4n) is 8.45. The number of aliphatic hydroxyl groups excluding tert-OH is 1. The Morgan fingerprint density at radius 3 is 1.16 bits per heavy atom. The monoisotopic (exact) mass is 897 g/mol. The molecule has 2 heterocycles. The third-order valence-corrected chi connectivity index (χ3v) is 12.6. The van der Waals surface area contributed by atoms with Gasteiger partial charge in [-0.2, -0.15) is 0 Å². The SMILES string of the molecule is C=CCO[C@H](COCCCCCCCCCCCCCCCCCC)COC1CCCCO1.CCCCCCCCCCCCCCCCCCOC[C@@H](O)COC1CCCCO1. The van der Waals surface area contributed by atoms with Gasteiger partial charge in [-0.05, 0) is 51.4 Å². The molecule has 0 aromatic carbocycles. The van der Waals surface area contributed by atoms with Crippen LogP contribution in [0.3, 0.4) is 0 Å². The molecule has 1 N–H and O–H groups in total. The summed E-state index contributed by atoms with van der Waals surface area (Å²) >= 11 is 0. The van der Waals surface area contributed by atoms with Crippen LogP contribution in [0.15, 0.2) is 12.7 Å². The average molecular weight is 897 g/mol. The van der Waals surface area contributed by atoms with Gasteiger partial charge in [-0.15, -0.1) is 6.58 Å². The van der Waals surface area contributed by atoms with Gasteiger partial charge in [-0.1, -0.05) is 213 Å². The number of ether oxygens (including phenoxy) is 7. The van der Waals surface area contributed by atoms with Gasteiger partial charge in [0, 0.05) is 26.4 Å². The zero-order chi connectivity index (χ0) is 45.2. The molecule has 2 aliphatic heterocycles. The first-order valence-corrected chi connectivity index (χ1v) is 27.7. The maximum absolute atomic E-state index is 9.91. The van der Waals surface area contributed by atoms with Crippen LogP contribution < -0.4 is 0 Å². The number of unbranched alkanes of at least 4 members (excludes halogenated alkanes) is 30. The lowest BCUT2D eigenvalue weighted by Gasteiger charge is -2.25. The first kappa shape index (κ1) is 60.4. The van der Waals surface area contributed by atoms with E-state index in [1.807, 2.05) is 0 Å².